The molecule has 1 heterocycles. The minimum Gasteiger partial charge on any atom is -0.382 e. The van der Waals surface area contributed by atoms with Gasteiger partial charge in [-0.15, -0.1) is 6.58 Å². The van der Waals surface area contributed by atoms with Gasteiger partial charge in [-0.1, -0.05) is 127 Å². The number of benzene rings is 2. The number of likely N-dealkylation sites (N-methyl/N-ethyl adjacent to an activating group) is 2. The minimum atomic E-state index is -2.70. The number of hydrogen-bond donors (Lipinski definition) is 3. The predicted molar refractivity (Wildman–Crippen MR) is 247 cm³/mol. The van der Waals surface area contributed by atoms with Crippen LogP contribution in [-0.4, -0.2) is 69.8 Å². The van der Waals surface area contributed by atoms with Crippen molar-refractivity contribution in [2.45, 2.75) is 129 Å². The molecule has 6 nitrogen and oxygen atoms in total. The van der Waals surface area contributed by atoms with Crippen molar-refractivity contribution in [3.8, 4) is 0 Å². The molecule has 1 aliphatic rings. The van der Waals surface area contributed by atoms with Gasteiger partial charge in [0.2, 0.25) is 0 Å². The molecule has 2 aromatic rings. The Hall–Kier alpha value is -3.00. The highest BCUT2D eigenvalue weighted by Crippen LogP contribution is 2.42. The maximum Gasteiger partial charge on any atom is 0.286 e. The number of hydrogen-bond acceptors (Lipinski definition) is 6. The quantitative estimate of drug-likeness (QED) is 0.0504. The van der Waals surface area contributed by atoms with Crippen LogP contribution in [0.1, 0.15) is 115 Å². The van der Waals surface area contributed by atoms with Crippen LogP contribution in [-0.2, 0) is 21.8 Å². The lowest BCUT2D eigenvalue weighted by molar-refractivity contribution is -0.108. The molecule has 322 valence electrons. The Morgan fingerprint density at radius 3 is 2.14 bits per heavy atom. The highest BCUT2D eigenvalue weighted by molar-refractivity contribution is 7.38. The van der Waals surface area contributed by atoms with Crippen LogP contribution >= 0.6 is 8.58 Å². The average molecular weight is 813 g/mol. The van der Waals surface area contributed by atoms with Gasteiger partial charge in [0, 0.05) is 23.7 Å². The van der Waals surface area contributed by atoms with Gasteiger partial charge < -0.3 is 25.9 Å². The van der Waals surface area contributed by atoms with Gasteiger partial charge in [-0.2, -0.15) is 8.78 Å². The van der Waals surface area contributed by atoms with E-state index in [4.69, 9.17) is 4.74 Å². The van der Waals surface area contributed by atoms with Crippen molar-refractivity contribution in [1.29, 1.82) is 0 Å². The number of ether oxygens (including phenoxy) is 1. The molecule has 9 heteroatoms. The molecule has 3 rings (SSSR count). The lowest BCUT2D eigenvalue weighted by atomic mass is 9.87. The van der Waals surface area contributed by atoms with Gasteiger partial charge in [0.15, 0.2) is 0 Å². The molecule has 1 aliphatic heterocycles. The summed E-state index contributed by atoms with van der Waals surface area (Å²) >= 11 is 0. The first-order valence-corrected chi connectivity index (χ1v) is 22.2. The second kappa shape index (κ2) is 30.1. The molecule has 4 N–H and O–H groups in total. The second-order valence-electron chi connectivity index (χ2n) is 15.3. The summed E-state index contributed by atoms with van der Waals surface area (Å²) < 4.78 is 32.9. The van der Waals surface area contributed by atoms with Gasteiger partial charge in [0.25, 0.3) is 5.66 Å². The molecule has 1 fully saturated rings. The normalized spacial score (nSPS) is 17.4. The van der Waals surface area contributed by atoms with Crippen LogP contribution in [0, 0.1) is 11.8 Å². The van der Waals surface area contributed by atoms with E-state index >= 15 is 0 Å². The van der Waals surface area contributed by atoms with Crippen molar-refractivity contribution >= 4 is 20.4 Å². The van der Waals surface area contributed by atoms with Gasteiger partial charge in [0.05, 0.1) is 24.8 Å². The maximum atomic E-state index is 13.3. The van der Waals surface area contributed by atoms with E-state index in [0.29, 0.717) is 42.9 Å². The summed E-state index contributed by atoms with van der Waals surface area (Å²) in [6, 6.07) is 16.0. The summed E-state index contributed by atoms with van der Waals surface area (Å²) in [4.78, 5) is 13.4. The third-order valence-corrected chi connectivity index (χ3v) is 11.4. The van der Waals surface area contributed by atoms with E-state index in [-0.39, 0.29) is 17.7 Å². The number of alkyl halides is 2. The lowest BCUT2D eigenvalue weighted by Gasteiger charge is -2.34. The van der Waals surface area contributed by atoms with E-state index < -0.39 is 14.2 Å². The van der Waals surface area contributed by atoms with Crippen LogP contribution in [0.5, 0.6) is 0 Å². The number of carbonyl (C=O) groups excluding carboxylic acids is 1. The lowest BCUT2D eigenvalue weighted by Crippen LogP contribution is -2.45. The number of carbonyl (C=O) groups is 1. The third kappa shape index (κ3) is 20.0. The van der Waals surface area contributed by atoms with Gasteiger partial charge in [0.1, 0.15) is 6.29 Å². The highest BCUT2D eigenvalue weighted by atomic mass is 31.1. The van der Waals surface area contributed by atoms with Crippen LogP contribution in [0.2, 0.25) is 0 Å². The molecule has 0 bridgehead atoms. The first kappa shape index (κ1) is 54.0. The zero-order valence-electron chi connectivity index (χ0n) is 37.3. The average Bonchev–Trinajstić information content (AvgIpc) is 3.62. The van der Waals surface area contributed by atoms with E-state index in [9.17, 15) is 13.6 Å². The smallest absolute Gasteiger partial charge is 0.286 e. The van der Waals surface area contributed by atoms with Crippen molar-refractivity contribution in [1.82, 2.24) is 15.5 Å². The molecule has 0 aliphatic carbocycles. The number of aldehydes is 1. The van der Waals surface area contributed by atoms with Crippen LogP contribution in [0.3, 0.4) is 0 Å². The van der Waals surface area contributed by atoms with Crippen molar-refractivity contribution < 1.29 is 18.3 Å². The summed E-state index contributed by atoms with van der Waals surface area (Å²) in [6.07, 6.45) is 12.7. The van der Waals surface area contributed by atoms with Crippen LogP contribution in [0.4, 0.5) is 8.78 Å². The predicted octanol–water partition coefficient (Wildman–Crippen LogP) is 11.3. The van der Waals surface area contributed by atoms with E-state index in [2.05, 4.69) is 114 Å². The minimum absolute atomic E-state index is 0.0179. The molecule has 2 aromatic carbocycles. The summed E-state index contributed by atoms with van der Waals surface area (Å²) in [5.74, 6) is 1.76. The summed E-state index contributed by atoms with van der Waals surface area (Å²) in [7, 11) is 5.25. The number of likely N-dealkylation sites (tertiary alicyclic amines) is 1. The fourth-order valence-corrected chi connectivity index (χ4v) is 7.16. The number of rotatable bonds is 21. The van der Waals surface area contributed by atoms with Crippen LogP contribution < -0.4 is 16.4 Å². The topological polar surface area (TPSA) is 79.6 Å². The maximum absolute atomic E-state index is 13.3. The standard InChI is InChI=1S/C26H42N2O2.C13H15F2P.C8H17N.CH5N/c1-18(2)23-12-10-22(11-13-23)17-30-21(6)25(9-8-16-29)27-20(5)26-24(19(3)4)14-15-28(26)7;1-4-5-10(2)11-6-8-12(9-7-11)13(14,15)16-3;1-4-6-7-8(5-2)9-3;1-2/h10-13,16,18-19,21,24-27H,5,8-9,14-15,17H2,1-4,6-7H3;4-9,16H,1H2,2-3H3;5,8-9H,2,4,6-7H2,1,3H3;2H2,1H3/b;10-5+;;. The Bertz CT molecular complexity index is 1430. The van der Waals surface area contributed by atoms with Crippen molar-refractivity contribution in [2.75, 3.05) is 34.4 Å². The van der Waals surface area contributed by atoms with E-state index in [1.165, 1.54) is 62.7 Å². The molecule has 0 spiro atoms. The number of allylic oxidation sites excluding steroid dienone is 3. The Labute approximate surface area is 349 Å². The first-order chi connectivity index (χ1) is 27.1. The van der Waals surface area contributed by atoms with Crippen LogP contribution in [0.15, 0.2) is 92.2 Å². The van der Waals surface area contributed by atoms with E-state index in [1.54, 1.807) is 18.2 Å². The summed E-state index contributed by atoms with van der Waals surface area (Å²) in [5, 5.41) is 6.82. The molecule has 57 heavy (non-hydrogen) atoms. The van der Waals surface area contributed by atoms with Crippen molar-refractivity contribution in [2.24, 2.45) is 17.6 Å². The number of nitrogens with one attached hydrogen (secondary N) is 2. The van der Waals surface area contributed by atoms with Gasteiger partial charge >= 0.3 is 0 Å². The Kier molecular flexibility index (Phi) is 28.5. The molecule has 0 amide bonds. The largest absolute Gasteiger partial charge is 0.382 e. The fourth-order valence-electron chi connectivity index (χ4n) is 6.70. The molecule has 0 radical (unpaired) electrons. The van der Waals surface area contributed by atoms with Crippen LogP contribution in [0.25, 0.3) is 5.57 Å². The van der Waals surface area contributed by atoms with Gasteiger partial charge in [-0.3, -0.25) is 4.90 Å². The number of halogens is 2. The van der Waals surface area contributed by atoms with Crippen molar-refractivity contribution in [3.05, 3.63) is 114 Å². The molecule has 0 saturated carbocycles. The van der Waals surface area contributed by atoms with E-state index in [0.717, 1.165) is 36.1 Å². The zero-order valence-corrected chi connectivity index (χ0v) is 38.3. The zero-order chi connectivity index (χ0) is 43.6. The molecule has 6 unspecified atom stereocenters. The first-order valence-electron chi connectivity index (χ1n) is 20.7. The Morgan fingerprint density at radius 2 is 1.67 bits per heavy atom. The summed E-state index contributed by atoms with van der Waals surface area (Å²) in [5.41, 5.74) is 7.42. The monoisotopic (exact) mass is 813 g/mol. The molecule has 0 aromatic heterocycles. The number of nitrogens with two attached hydrogens (primary N) is 1. The molecular formula is C48H79F2N4O2P. The molecule has 1 saturated heterocycles. The Balaban J connectivity index is 0.000000965. The Morgan fingerprint density at radius 1 is 1.05 bits per heavy atom. The SMILES string of the molecule is C=C(NC(CCC=O)C(C)OCc1ccc(C(C)C)cc1)C1C(C(C)C)CCN1C.C=C/C=C(\C)c1ccc(C(F)(F)PC)cc1.C=CC(CCCC)NC.CN. The molecular weight excluding hydrogens is 734 g/mol. The number of nitrogens with zero attached hydrogens (tertiary/aromatic N) is 1. The van der Waals surface area contributed by atoms with E-state index in [1.807, 2.05) is 26.1 Å². The number of unbranched alkanes of at least 4 members (excludes halogenated alkanes) is 1. The third-order valence-electron chi connectivity index (χ3n) is 10.5. The van der Waals surface area contributed by atoms with Gasteiger partial charge in [-0.25, -0.2) is 0 Å². The fraction of sp³-hybridized carbons (Fsp3) is 0.562. The highest BCUT2D eigenvalue weighted by Gasteiger charge is 2.36. The summed E-state index contributed by atoms with van der Waals surface area (Å²) in [6.45, 7) is 30.1. The second-order valence-corrected chi connectivity index (χ2v) is 16.4. The van der Waals surface area contributed by atoms with Crippen molar-refractivity contribution in [3.63, 3.8) is 0 Å². The van der Waals surface area contributed by atoms with Gasteiger partial charge in [-0.05, 0) is 116 Å². The molecule has 6 atom stereocenters.